The topological polar surface area (TPSA) is 52.6 Å². The van der Waals surface area contributed by atoms with Gasteiger partial charge in [0.15, 0.2) is 5.78 Å². The number of ether oxygens (including phenoxy) is 2. The van der Waals surface area contributed by atoms with Gasteiger partial charge >= 0.3 is 5.97 Å². The molecule has 1 aromatic carbocycles. The Labute approximate surface area is 157 Å². The molecule has 2 atom stereocenters. The van der Waals surface area contributed by atoms with Gasteiger partial charge in [-0.1, -0.05) is 18.2 Å². The lowest BCUT2D eigenvalue weighted by molar-refractivity contribution is -0.151. The van der Waals surface area contributed by atoms with Crippen molar-refractivity contribution >= 4 is 28.7 Å². The monoisotopic (exact) mass is 370 g/mol. The van der Waals surface area contributed by atoms with E-state index in [9.17, 15) is 9.59 Å². The highest BCUT2D eigenvalue weighted by molar-refractivity contribution is 7.10. The summed E-state index contributed by atoms with van der Waals surface area (Å²) in [5, 5.41) is 1.97. The molecule has 3 rings (SSSR count). The van der Waals surface area contributed by atoms with Gasteiger partial charge in [0.25, 0.3) is 0 Å². The zero-order valence-corrected chi connectivity index (χ0v) is 15.8. The molecule has 0 unspecified atom stereocenters. The fraction of sp³-hybridized carbons (Fsp3) is 0.333. The quantitative estimate of drug-likeness (QED) is 0.556. The Morgan fingerprint density at radius 1 is 1.15 bits per heavy atom. The number of carbonyl (C=O) groups excluding carboxylic acids is 2. The minimum atomic E-state index is -0.764. The maximum Gasteiger partial charge on any atom is 0.317 e. The zero-order chi connectivity index (χ0) is 18.5. The van der Waals surface area contributed by atoms with Crippen molar-refractivity contribution in [3.8, 4) is 5.75 Å². The van der Waals surface area contributed by atoms with Crippen molar-refractivity contribution in [2.24, 2.45) is 5.92 Å². The lowest BCUT2D eigenvalue weighted by Gasteiger charge is -2.28. The molecule has 2 aromatic rings. The van der Waals surface area contributed by atoms with Crippen LogP contribution in [0.4, 0.5) is 0 Å². The number of hydrogen-bond donors (Lipinski definition) is 0. The van der Waals surface area contributed by atoms with Gasteiger partial charge in [0, 0.05) is 10.8 Å². The molecule has 0 aliphatic heterocycles. The van der Waals surface area contributed by atoms with Gasteiger partial charge in [0.1, 0.15) is 11.7 Å². The van der Waals surface area contributed by atoms with Crippen molar-refractivity contribution in [3.63, 3.8) is 0 Å². The third-order valence-corrected chi connectivity index (χ3v) is 5.45. The van der Waals surface area contributed by atoms with Crippen LogP contribution in [0.1, 0.15) is 36.6 Å². The van der Waals surface area contributed by atoms with Gasteiger partial charge in [-0.2, -0.15) is 0 Å². The van der Waals surface area contributed by atoms with Crippen LogP contribution in [0.3, 0.4) is 0 Å². The maximum atomic E-state index is 12.8. The van der Waals surface area contributed by atoms with Gasteiger partial charge in [-0.05, 0) is 61.1 Å². The van der Waals surface area contributed by atoms with E-state index in [0.29, 0.717) is 13.0 Å². The average Bonchev–Trinajstić information content (AvgIpc) is 3.16. The summed E-state index contributed by atoms with van der Waals surface area (Å²) in [5.74, 6) is -0.763. The minimum absolute atomic E-state index is 0.183. The highest BCUT2D eigenvalue weighted by atomic mass is 32.1. The van der Waals surface area contributed by atoms with Crippen LogP contribution < -0.4 is 4.74 Å². The van der Waals surface area contributed by atoms with Crippen molar-refractivity contribution in [1.29, 1.82) is 0 Å². The summed E-state index contributed by atoms with van der Waals surface area (Å²) in [6, 6.07) is 11.7. The molecule has 0 bridgehead atoms. The van der Waals surface area contributed by atoms with Gasteiger partial charge < -0.3 is 9.47 Å². The van der Waals surface area contributed by atoms with Gasteiger partial charge in [-0.3, -0.25) is 9.59 Å². The average molecular weight is 370 g/mol. The molecular formula is C21H22O4S. The first-order valence-electron chi connectivity index (χ1n) is 8.81. The molecule has 0 fully saturated rings. The molecule has 0 saturated heterocycles. The third-order valence-electron chi connectivity index (χ3n) is 4.45. The van der Waals surface area contributed by atoms with E-state index < -0.39 is 11.9 Å². The first kappa shape index (κ1) is 18.4. The summed E-state index contributed by atoms with van der Waals surface area (Å²) in [6.07, 6.45) is 2.23. The summed E-state index contributed by atoms with van der Waals surface area (Å²) in [5.41, 5.74) is 1.92. The van der Waals surface area contributed by atoms with Crippen molar-refractivity contribution in [2.75, 3.05) is 13.2 Å². The van der Waals surface area contributed by atoms with E-state index in [1.54, 1.807) is 24.3 Å². The number of hydrogen-bond acceptors (Lipinski definition) is 5. The largest absolute Gasteiger partial charge is 0.494 e. The molecule has 5 heteroatoms. The Hall–Kier alpha value is -2.40. The van der Waals surface area contributed by atoms with E-state index in [1.165, 1.54) is 0 Å². The number of benzene rings is 1. The molecule has 0 amide bonds. The fourth-order valence-corrected chi connectivity index (χ4v) is 4.15. The second-order valence-corrected chi connectivity index (χ2v) is 7.06. The normalized spacial score (nSPS) is 19.8. The molecule has 4 nitrogen and oxygen atoms in total. The lowest BCUT2D eigenvalue weighted by atomic mass is 9.76. The predicted octanol–water partition coefficient (Wildman–Crippen LogP) is 4.47. The second-order valence-electron chi connectivity index (χ2n) is 6.09. The Kier molecular flexibility index (Phi) is 5.89. The highest BCUT2D eigenvalue weighted by Crippen LogP contribution is 2.42. The Morgan fingerprint density at radius 2 is 1.92 bits per heavy atom. The van der Waals surface area contributed by atoms with E-state index in [2.05, 4.69) is 0 Å². The number of allylic oxidation sites excluding steroid dienone is 2. The Morgan fingerprint density at radius 3 is 2.54 bits per heavy atom. The molecule has 136 valence electrons. The van der Waals surface area contributed by atoms with Crippen LogP contribution in [0, 0.1) is 5.92 Å². The molecule has 1 aromatic heterocycles. The maximum absolute atomic E-state index is 12.8. The third kappa shape index (κ3) is 3.88. The summed E-state index contributed by atoms with van der Waals surface area (Å²) in [6.45, 7) is 4.58. The number of carbonyl (C=O) groups is 2. The number of rotatable bonds is 6. The molecule has 0 saturated carbocycles. The van der Waals surface area contributed by atoms with Crippen LogP contribution in [-0.2, 0) is 14.3 Å². The van der Waals surface area contributed by atoms with Crippen molar-refractivity contribution in [3.05, 3.63) is 58.3 Å². The molecule has 1 aliphatic rings. The van der Waals surface area contributed by atoms with Gasteiger partial charge in [-0.25, -0.2) is 0 Å². The van der Waals surface area contributed by atoms with Crippen LogP contribution in [0.5, 0.6) is 5.75 Å². The van der Waals surface area contributed by atoms with Crippen LogP contribution in [0.15, 0.2) is 47.9 Å². The molecule has 0 spiro atoms. The second kappa shape index (κ2) is 8.32. The van der Waals surface area contributed by atoms with Crippen LogP contribution in [0.25, 0.3) is 5.57 Å². The SMILES string of the molecule is CCOC(=O)[C@@H]1C(=O)C=C(c2ccc(OCC)cc2)C[C@H]1c1cccs1. The summed E-state index contributed by atoms with van der Waals surface area (Å²) in [4.78, 5) is 26.2. The van der Waals surface area contributed by atoms with Gasteiger partial charge in [-0.15, -0.1) is 11.3 Å². The van der Waals surface area contributed by atoms with Crippen LogP contribution in [-0.4, -0.2) is 25.0 Å². The van der Waals surface area contributed by atoms with E-state index in [1.807, 2.05) is 48.7 Å². The molecule has 26 heavy (non-hydrogen) atoms. The Balaban J connectivity index is 1.92. The van der Waals surface area contributed by atoms with Gasteiger partial charge in [0.2, 0.25) is 0 Å². The van der Waals surface area contributed by atoms with Crippen molar-refractivity contribution in [1.82, 2.24) is 0 Å². The van der Waals surface area contributed by atoms with Crippen LogP contribution in [0.2, 0.25) is 0 Å². The molecule has 1 heterocycles. The number of esters is 1. The van der Waals surface area contributed by atoms with E-state index >= 15 is 0 Å². The van der Waals surface area contributed by atoms with Crippen molar-refractivity contribution < 1.29 is 19.1 Å². The number of thiophene rings is 1. The van der Waals surface area contributed by atoms with Gasteiger partial charge in [0.05, 0.1) is 13.2 Å². The van der Waals surface area contributed by atoms with E-state index in [0.717, 1.165) is 21.8 Å². The smallest absolute Gasteiger partial charge is 0.317 e. The highest BCUT2D eigenvalue weighted by Gasteiger charge is 2.40. The summed E-state index contributed by atoms with van der Waals surface area (Å²) >= 11 is 1.57. The first-order chi connectivity index (χ1) is 12.6. The number of ketones is 1. The van der Waals surface area contributed by atoms with E-state index in [4.69, 9.17) is 9.47 Å². The molecule has 0 N–H and O–H groups in total. The first-order valence-corrected chi connectivity index (χ1v) is 9.69. The minimum Gasteiger partial charge on any atom is -0.494 e. The predicted molar refractivity (Wildman–Crippen MR) is 102 cm³/mol. The molecule has 1 aliphatic carbocycles. The van der Waals surface area contributed by atoms with Crippen molar-refractivity contribution in [2.45, 2.75) is 26.2 Å². The lowest BCUT2D eigenvalue weighted by Crippen LogP contribution is -2.33. The zero-order valence-electron chi connectivity index (χ0n) is 14.9. The Bertz CT molecular complexity index is 790. The summed E-state index contributed by atoms with van der Waals surface area (Å²) in [7, 11) is 0. The molecule has 0 radical (unpaired) electrons. The molecular weight excluding hydrogens is 348 g/mol. The summed E-state index contributed by atoms with van der Waals surface area (Å²) < 4.78 is 10.6. The fourth-order valence-electron chi connectivity index (χ4n) is 3.29. The van der Waals surface area contributed by atoms with E-state index in [-0.39, 0.29) is 18.3 Å². The standard InChI is InChI=1S/C21H22O4S/c1-3-24-16-9-7-14(8-10-16)15-12-17(19-6-5-11-26-19)20(18(22)13-15)21(23)25-4-2/h5-11,13,17,20H,3-4,12H2,1-2H3/t17-,20-/m0/s1. The van der Waals surface area contributed by atoms with Crippen LogP contribution >= 0.6 is 11.3 Å².